The third-order valence-electron chi connectivity index (χ3n) is 6.86. The van der Waals surface area contributed by atoms with Gasteiger partial charge < -0.3 is 15.6 Å². The van der Waals surface area contributed by atoms with E-state index >= 15 is 0 Å². The van der Waals surface area contributed by atoms with Gasteiger partial charge in [-0.15, -0.1) is 0 Å². The summed E-state index contributed by atoms with van der Waals surface area (Å²) >= 11 is 6.00. The lowest BCUT2D eigenvalue weighted by Gasteiger charge is -2.35. The van der Waals surface area contributed by atoms with Gasteiger partial charge in [-0.05, 0) is 75.3 Å². The predicted molar refractivity (Wildman–Crippen MR) is 126 cm³/mol. The Morgan fingerprint density at radius 2 is 2.00 bits per heavy atom. The Bertz CT molecular complexity index is 1210. The Morgan fingerprint density at radius 3 is 2.72 bits per heavy atom. The van der Waals surface area contributed by atoms with Crippen LogP contribution in [0.3, 0.4) is 0 Å². The number of nitrogens with zero attached hydrogens (tertiary/aromatic N) is 3. The molecule has 0 saturated heterocycles. The zero-order valence-corrected chi connectivity index (χ0v) is 18.8. The largest absolute Gasteiger partial charge is 0.338 e. The lowest BCUT2D eigenvalue weighted by atomic mass is 9.82. The van der Waals surface area contributed by atoms with Gasteiger partial charge in [-0.2, -0.15) is 10.4 Å². The first-order chi connectivity index (χ1) is 15.5. The van der Waals surface area contributed by atoms with E-state index in [0.29, 0.717) is 28.3 Å². The first-order valence-electron chi connectivity index (χ1n) is 11.3. The number of halogens is 1. The van der Waals surface area contributed by atoms with E-state index in [1.807, 2.05) is 22.9 Å². The number of nitriles is 1. The molecule has 3 aromatic rings. The molecular weight excluding hydrogens is 424 g/mol. The molecule has 4 atom stereocenters. The van der Waals surface area contributed by atoms with E-state index in [9.17, 15) is 10.1 Å². The van der Waals surface area contributed by atoms with Crippen molar-refractivity contribution in [3.63, 3.8) is 0 Å². The quantitative estimate of drug-likeness (QED) is 0.503. The molecule has 0 unspecified atom stereocenters. The van der Waals surface area contributed by atoms with Gasteiger partial charge in [0.15, 0.2) is 5.82 Å². The van der Waals surface area contributed by atoms with Gasteiger partial charge >= 0.3 is 0 Å². The molecule has 3 N–H and O–H groups in total. The molecule has 5 rings (SSSR count). The van der Waals surface area contributed by atoms with Crippen molar-refractivity contribution in [1.82, 2.24) is 20.1 Å². The van der Waals surface area contributed by atoms with Crippen molar-refractivity contribution in [2.45, 2.75) is 57.2 Å². The molecule has 2 fully saturated rings. The van der Waals surface area contributed by atoms with Crippen LogP contribution in [-0.2, 0) is 0 Å². The van der Waals surface area contributed by atoms with E-state index in [-0.39, 0.29) is 17.5 Å². The zero-order valence-electron chi connectivity index (χ0n) is 18.0. The molecule has 2 aliphatic rings. The Hall–Kier alpha value is -2.82. The van der Waals surface area contributed by atoms with Gasteiger partial charge in [-0.25, -0.2) is 0 Å². The molecule has 0 spiro atoms. The number of fused-ring (bicyclic) bond motifs is 1. The van der Waals surface area contributed by atoms with E-state index in [1.165, 1.54) is 12.8 Å². The van der Waals surface area contributed by atoms with E-state index in [0.717, 1.165) is 36.4 Å². The van der Waals surface area contributed by atoms with Crippen LogP contribution in [0.4, 0.5) is 11.5 Å². The van der Waals surface area contributed by atoms with Gasteiger partial charge in [-0.3, -0.25) is 9.48 Å². The van der Waals surface area contributed by atoms with Crippen LogP contribution >= 0.6 is 11.6 Å². The van der Waals surface area contributed by atoms with Gasteiger partial charge in [0.25, 0.3) is 5.56 Å². The molecule has 32 heavy (non-hydrogen) atoms. The Kier molecular flexibility index (Phi) is 5.66. The molecule has 166 valence electrons. The maximum Gasteiger partial charge on any atom is 0.261 e. The summed E-state index contributed by atoms with van der Waals surface area (Å²) in [6.07, 6.45) is 6.88. The minimum absolute atomic E-state index is 0.0700. The highest BCUT2D eigenvalue weighted by Crippen LogP contribution is 2.38. The number of aromatic nitrogens is 3. The molecule has 7 nitrogen and oxygen atoms in total. The van der Waals surface area contributed by atoms with Crippen LogP contribution in [0.5, 0.6) is 0 Å². The van der Waals surface area contributed by atoms with Gasteiger partial charge in [0, 0.05) is 29.0 Å². The molecule has 0 bridgehead atoms. The Morgan fingerprint density at radius 1 is 1.22 bits per heavy atom. The molecule has 0 radical (unpaired) electrons. The Labute approximate surface area is 191 Å². The highest BCUT2D eigenvalue weighted by molar-refractivity contribution is 6.30. The molecule has 2 aromatic heterocycles. The summed E-state index contributed by atoms with van der Waals surface area (Å²) in [5.74, 6) is 1.11. The van der Waals surface area contributed by atoms with Gasteiger partial charge in [0.1, 0.15) is 5.39 Å². The number of anilines is 2. The number of benzene rings is 1. The summed E-state index contributed by atoms with van der Waals surface area (Å²) in [7, 11) is 0. The third kappa shape index (κ3) is 4.13. The minimum Gasteiger partial charge on any atom is -0.338 e. The van der Waals surface area contributed by atoms with E-state index in [2.05, 4.69) is 28.6 Å². The molecule has 2 aliphatic carbocycles. The van der Waals surface area contributed by atoms with Crippen molar-refractivity contribution in [3.8, 4) is 6.07 Å². The summed E-state index contributed by atoms with van der Waals surface area (Å²) in [5, 5.41) is 22.9. The molecule has 0 aliphatic heterocycles. The summed E-state index contributed by atoms with van der Waals surface area (Å²) in [5.41, 5.74) is 1.34. The number of H-pyrrole nitrogens is 1. The van der Waals surface area contributed by atoms with Crippen molar-refractivity contribution >= 4 is 34.0 Å². The lowest BCUT2D eigenvalue weighted by molar-refractivity contribution is 0.219. The number of aromatic amines is 1. The second kappa shape index (κ2) is 8.61. The number of pyridine rings is 1. The maximum absolute atomic E-state index is 12.7. The topological polar surface area (TPSA) is 98.5 Å². The summed E-state index contributed by atoms with van der Waals surface area (Å²) in [4.78, 5) is 15.4. The Balaban J connectivity index is 1.44. The van der Waals surface area contributed by atoms with Crippen molar-refractivity contribution in [1.29, 1.82) is 5.26 Å². The molecule has 2 heterocycles. The fraction of sp³-hybridized carbons (Fsp3) is 0.458. The smallest absolute Gasteiger partial charge is 0.261 e. The van der Waals surface area contributed by atoms with Gasteiger partial charge in [-0.1, -0.05) is 11.6 Å². The number of rotatable bonds is 6. The average Bonchev–Trinajstić information content (AvgIpc) is 3.58. The second-order valence-electron chi connectivity index (χ2n) is 9.10. The SMILES string of the molecule is C[C@H](N[C@@H]1CC[C@H](n2nc(Nc3ccc(Cl)cc3)c3c(=O)[nH]ccc32)[C@@H](C#N)C1)C1CC1. The van der Waals surface area contributed by atoms with Gasteiger partial charge in [0.2, 0.25) is 0 Å². The van der Waals surface area contributed by atoms with Crippen LogP contribution in [0.15, 0.2) is 41.3 Å². The molecule has 2 saturated carbocycles. The highest BCUT2D eigenvalue weighted by Gasteiger charge is 2.36. The fourth-order valence-electron chi connectivity index (χ4n) is 4.95. The van der Waals surface area contributed by atoms with Crippen LogP contribution in [0.2, 0.25) is 5.02 Å². The highest BCUT2D eigenvalue weighted by atomic mass is 35.5. The number of hydrogen-bond acceptors (Lipinski definition) is 5. The van der Waals surface area contributed by atoms with Crippen LogP contribution in [0.1, 0.15) is 45.1 Å². The summed E-state index contributed by atoms with van der Waals surface area (Å²) in [6.45, 7) is 2.26. The van der Waals surface area contributed by atoms with E-state index < -0.39 is 0 Å². The van der Waals surface area contributed by atoms with Gasteiger partial charge in [0.05, 0.1) is 23.5 Å². The van der Waals surface area contributed by atoms with Crippen LogP contribution in [-0.4, -0.2) is 26.8 Å². The van der Waals surface area contributed by atoms with Crippen molar-refractivity contribution in [2.75, 3.05) is 5.32 Å². The van der Waals surface area contributed by atoms with E-state index in [1.54, 1.807) is 18.3 Å². The minimum atomic E-state index is -0.202. The number of hydrogen-bond donors (Lipinski definition) is 3. The van der Waals surface area contributed by atoms with Crippen LogP contribution in [0, 0.1) is 23.2 Å². The second-order valence-corrected chi connectivity index (χ2v) is 9.53. The monoisotopic (exact) mass is 450 g/mol. The predicted octanol–water partition coefficient (Wildman–Crippen LogP) is 4.74. The number of nitrogens with one attached hydrogen (secondary N) is 3. The molecule has 0 amide bonds. The normalized spacial score (nSPS) is 24.2. The zero-order chi connectivity index (χ0) is 22.2. The van der Waals surface area contributed by atoms with Crippen LogP contribution in [0.25, 0.3) is 10.9 Å². The maximum atomic E-state index is 12.7. The van der Waals surface area contributed by atoms with Crippen molar-refractivity contribution in [2.24, 2.45) is 11.8 Å². The molecule has 1 aromatic carbocycles. The van der Waals surface area contributed by atoms with Crippen molar-refractivity contribution in [3.05, 3.63) is 51.9 Å². The summed E-state index contributed by atoms with van der Waals surface area (Å²) < 4.78 is 1.89. The lowest BCUT2D eigenvalue weighted by Crippen LogP contribution is -2.43. The standard InChI is InChI=1S/C24H27ClN6O/c1-14(15-2-3-15)28-19-8-9-20(16(12-19)13-26)31-21-10-11-27-24(32)22(21)23(30-31)29-18-6-4-17(25)5-7-18/h4-7,10-11,14-16,19-20,28H,2-3,8-9,12H2,1H3,(H,27,32)(H,29,30)/t14-,16+,19+,20-/m0/s1. The first-order valence-corrected chi connectivity index (χ1v) is 11.7. The summed E-state index contributed by atoms with van der Waals surface area (Å²) in [6, 6.07) is 12.4. The van der Waals surface area contributed by atoms with E-state index in [4.69, 9.17) is 16.7 Å². The fourth-order valence-corrected chi connectivity index (χ4v) is 5.08. The molecular formula is C24H27ClN6O. The van der Waals surface area contributed by atoms with Crippen molar-refractivity contribution < 1.29 is 0 Å². The average molecular weight is 451 g/mol. The van der Waals surface area contributed by atoms with Crippen LogP contribution < -0.4 is 16.2 Å². The third-order valence-corrected chi connectivity index (χ3v) is 7.11. The first kappa shape index (κ1) is 21.0. The molecule has 8 heteroatoms.